The number of hydrogen-bond acceptors (Lipinski definition) is 2. The summed E-state index contributed by atoms with van der Waals surface area (Å²) in [7, 11) is 0. The molecule has 128 valence electrons. The van der Waals surface area contributed by atoms with Gasteiger partial charge in [-0.1, -0.05) is 53.0 Å². The zero-order valence-electron chi connectivity index (χ0n) is 13.8. The fraction of sp³-hybridized carbons (Fsp3) is 0.150. The number of rotatable bonds is 4. The van der Waals surface area contributed by atoms with E-state index in [1.54, 1.807) is 30.3 Å². The molecule has 3 rings (SSSR count). The highest BCUT2D eigenvalue weighted by Crippen LogP contribution is 2.31. The van der Waals surface area contributed by atoms with Crippen LogP contribution in [0.1, 0.15) is 34.6 Å². The van der Waals surface area contributed by atoms with Gasteiger partial charge in [-0.3, -0.25) is 4.79 Å². The van der Waals surface area contributed by atoms with Crippen molar-refractivity contribution in [1.29, 1.82) is 0 Å². The minimum Gasteiger partial charge on any atom is -0.451 e. The molecule has 1 atom stereocenters. The first-order chi connectivity index (χ1) is 11.9. The number of amides is 1. The normalized spacial score (nSPS) is 12.0. The SMILES string of the molecule is Cc1ccc(C(C)NC(=O)c2ccc(-c3ccc(Cl)cc3Cl)o2)cc1. The van der Waals surface area contributed by atoms with Crippen LogP contribution in [0.2, 0.25) is 10.0 Å². The summed E-state index contributed by atoms with van der Waals surface area (Å²) in [6.07, 6.45) is 0. The van der Waals surface area contributed by atoms with Crippen LogP contribution in [0.4, 0.5) is 0 Å². The van der Waals surface area contributed by atoms with E-state index >= 15 is 0 Å². The Morgan fingerprint density at radius 3 is 2.44 bits per heavy atom. The molecule has 0 aliphatic rings. The Hall–Kier alpha value is -2.23. The first-order valence-electron chi connectivity index (χ1n) is 7.87. The summed E-state index contributed by atoms with van der Waals surface area (Å²) in [6, 6.07) is 16.4. The van der Waals surface area contributed by atoms with E-state index in [4.69, 9.17) is 27.6 Å². The van der Waals surface area contributed by atoms with Gasteiger partial charge in [0, 0.05) is 10.6 Å². The molecule has 0 radical (unpaired) electrons. The Bertz CT molecular complexity index is 900. The molecule has 0 bridgehead atoms. The summed E-state index contributed by atoms with van der Waals surface area (Å²) >= 11 is 12.1. The molecule has 1 aromatic heterocycles. The van der Waals surface area contributed by atoms with Gasteiger partial charge in [0.2, 0.25) is 0 Å². The summed E-state index contributed by atoms with van der Waals surface area (Å²) < 4.78 is 5.67. The van der Waals surface area contributed by atoms with Crippen molar-refractivity contribution < 1.29 is 9.21 Å². The molecular formula is C20H17Cl2NO2. The van der Waals surface area contributed by atoms with E-state index in [-0.39, 0.29) is 17.7 Å². The molecule has 1 amide bonds. The van der Waals surface area contributed by atoms with Crippen molar-refractivity contribution in [3.63, 3.8) is 0 Å². The molecule has 5 heteroatoms. The number of carbonyl (C=O) groups is 1. The topological polar surface area (TPSA) is 42.2 Å². The lowest BCUT2D eigenvalue weighted by molar-refractivity contribution is 0.0912. The van der Waals surface area contributed by atoms with Gasteiger partial charge >= 0.3 is 0 Å². The maximum atomic E-state index is 12.4. The van der Waals surface area contributed by atoms with E-state index in [9.17, 15) is 4.79 Å². The summed E-state index contributed by atoms with van der Waals surface area (Å²) in [6.45, 7) is 3.96. The highest BCUT2D eigenvalue weighted by molar-refractivity contribution is 6.36. The number of carbonyl (C=O) groups excluding carboxylic acids is 1. The van der Waals surface area contributed by atoms with E-state index in [1.807, 2.05) is 38.1 Å². The van der Waals surface area contributed by atoms with Crippen LogP contribution in [0.25, 0.3) is 11.3 Å². The second-order valence-electron chi connectivity index (χ2n) is 5.89. The number of benzene rings is 2. The van der Waals surface area contributed by atoms with Crippen LogP contribution in [-0.4, -0.2) is 5.91 Å². The van der Waals surface area contributed by atoms with Crippen LogP contribution in [0.3, 0.4) is 0 Å². The Kier molecular flexibility index (Phi) is 5.16. The first kappa shape index (κ1) is 17.6. The predicted octanol–water partition coefficient (Wildman–Crippen LogP) is 6.05. The smallest absolute Gasteiger partial charge is 0.287 e. The quantitative estimate of drug-likeness (QED) is 0.604. The van der Waals surface area contributed by atoms with Gasteiger partial charge in [-0.25, -0.2) is 0 Å². The molecular weight excluding hydrogens is 357 g/mol. The van der Waals surface area contributed by atoms with Crippen molar-refractivity contribution in [2.75, 3.05) is 0 Å². The van der Waals surface area contributed by atoms with Crippen LogP contribution >= 0.6 is 23.2 Å². The molecule has 0 spiro atoms. The fourth-order valence-electron chi connectivity index (χ4n) is 2.50. The predicted molar refractivity (Wildman–Crippen MR) is 101 cm³/mol. The van der Waals surface area contributed by atoms with Crippen molar-refractivity contribution in [3.05, 3.63) is 81.5 Å². The molecule has 2 aromatic carbocycles. The largest absolute Gasteiger partial charge is 0.451 e. The van der Waals surface area contributed by atoms with Crippen molar-refractivity contribution in [1.82, 2.24) is 5.32 Å². The number of halogens is 2. The minimum absolute atomic E-state index is 0.124. The van der Waals surface area contributed by atoms with Crippen LogP contribution in [0.5, 0.6) is 0 Å². The zero-order valence-corrected chi connectivity index (χ0v) is 15.4. The highest BCUT2D eigenvalue weighted by Gasteiger charge is 2.16. The van der Waals surface area contributed by atoms with Gasteiger partial charge in [-0.2, -0.15) is 0 Å². The number of hydrogen-bond donors (Lipinski definition) is 1. The summed E-state index contributed by atoms with van der Waals surface area (Å²) in [5.41, 5.74) is 2.90. The zero-order chi connectivity index (χ0) is 18.0. The van der Waals surface area contributed by atoms with E-state index in [2.05, 4.69) is 5.32 Å². The molecule has 0 saturated heterocycles. The van der Waals surface area contributed by atoms with Gasteiger partial charge in [-0.05, 0) is 49.7 Å². The number of aryl methyl sites for hydroxylation is 1. The summed E-state index contributed by atoms with van der Waals surface area (Å²) in [5, 5.41) is 3.95. The van der Waals surface area contributed by atoms with Crippen LogP contribution in [0.15, 0.2) is 59.0 Å². The van der Waals surface area contributed by atoms with Crippen molar-refractivity contribution in [3.8, 4) is 11.3 Å². The van der Waals surface area contributed by atoms with Gasteiger partial charge < -0.3 is 9.73 Å². The molecule has 3 nitrogen and oxygen atoms in total. The van der Waals surface area contributed by atoms with Crippen molar-refractivity contribution in [2.24, 2.45) is 0 Å². The Balaban J connectivity index is 1.75. The second kappa shape index (κ2) is 7.34. The van der Waals surface area contributed by atoms with E-state index < -0.39 is 0 Å². The lowest BCUT2D eigenvalue weighted by Crippen LogP contribution is -2.26. The van der Waals surface area contributed by atoms with Gasteiger partial charge in [0.1, 0.15) is 5.76 Å². The molecule has 3 aromatic rings. The van der Waals surface area contributed by atoms with Gasteiger partial charge in [-0.15, -0.1) is 0 Å². The Morgan fingerprint density at radius 2 is 1.76 bits per heavy atom. The van der Waals surface area contributed by atoms with Gasteiger partial charge in [0.25, 0.3) is 5.91 Å². The standard InChI is InChI=1S/C20H17Cl2NO2/c1-12-3-5-14(6-4-12)13(2)23-20(24)19-10-9-18(25-19)16-8-7-15(21)11-17(16)22/h3-11,13H,1-2H3,(H,23,24). The van der Waals surface area contributed by atoms with Crippen LogP contribution in [0, 0.1) is 6.92 Å². The molecule has 0 fully saturated rings. The fourth-order valence-corrected chi connectivity index (χ4v) is 3.00. The van der Waals surface area contributed by atoms with E-state index in [0.717, 1.165) is 5.56 Å². The van der Waals surface area contributed by atoms with Crippen molar-refractivity contribution in [2.45, 2.75) is 19.9 Å². The second-order valence-corrected chi connectivity index (χ2v) is 6.74. The highest BCUT2D eigenvalue weighted by atomic mass is 35.5. The third-order valence-electron chi connectivity index (χ3n) is 3.95. The monoisotopic (exact) mass is 373 g/mol. The molecule has 0 aliphatic carbocycles. The van der Waals surface area contributed by atoms with Crippen LogP contribution < -0.4 is 5.32 Å². The van der Waals surface area contributed by atoms with E-state index in [1.165, 1.54) is 5.56 Å². The summed E-state index contributed by atoms with van der Waals surface area (Å²) in [5.74, 6) is 0.485. The molecule has 1 unspecified atom stereocenters. The van der Waals surface area contributed by atoms with Crippen LogP contribution in [-0.2, 0) is 0 Å². The average Bonchev–Trinajstić information content (AvgIpc) is 3.05. The Labute approximate surface area is 156 Å². The third-order valence-corrected chi connectivity index (χ3v) is 4.50. The molecule has 0 saturated carbocycles. The van der Waals surface area contributed by atoms with Crippen molar-refractivity contribution >= 4 is 29.1 Å². The Morgan fingerprint density at radius 1 is 1.04 bits per heavy atom. The average molecular weight is 374 g/mol. The van der Waals surface area contributed by atoms with Gasteiger partial charge in [0.15, 0.2) is 5.76 Å². The molecule has 0 aliphatic heterocycles. The third kappa shape index (κ3) is 4.06. The number of nitrogens with one attached hydrogen (secondary N) is 1. The number of furan rings is 1. The molecule has 1 heterocycles. The van der Waals surface area contributed by atoms with Gasteiger partial charge in [0.05, 0.1) is 11.1 Å². The maximum Gasteiger partial charge on any atom is 0.287 e. The lowest BCUT2D eigenvalue weighted by atomic mass is 10.1. The molecule has 1 N–H and O–H groups in total. The lowest BCUT2D eigenvalue weighted by Gasteiger charge is -2.13. The minimum atomic E-state index is -0.274. The first-order valence-corrected chi connectivity index (χ1v) is 8.62. The van der Waals surface area contributed by atoms with E-state index in [0.29, 0.717) is 21.4 Å². The maximum absolute atomic E-state index is 12.4. The summed E-state index contributed by atoms with van der Waals surface area (Å²) in [4.78, 5) is 12.4. The molecule has 25 heavy (non-hydrogen) atoms.